The van der Waals surface area contributed by atoms with Crippen molar-refractivity contribution < 1.29 is 32.3 Å². The number of rotatable bonds is 21. The molecule has 0 spiro atoms. The predicted molar refractivity (Wildman–Crippen MR) is 142 cm³/mol. The molecule has 0 aliphatic heterocycles. The fourth-order valence-corrected chi connectivity index (χ4v) is 6.34. The van der Waals surface area contributed by atoms with Crippen molar-refractivity contribution in [2.24, 2.45) is 0 Å². The molecule has 8 heteroatoms. The number of hydrogen-bond acceptors (Lipinski definition) is 7. The molecular weight excluding hydrogens is 464 g/mol. The molecule has 200 valence electrons. The first-order valence-corrected chi connectivity index (χ1v) is 15.0. The van der Waals surface area contributed by atoms with E-state index in [0.717, 1.165) is 56.6 Å². The molecule has 0 bridgehead atoms. The predicted octanol–water partition coefficient (Wildman–Crippen LogP) is 6.43. The molecular formula is C27H46O7Si. The summed E-state index contributed by atoms with van der Waals surface area (Å²) in [5.74, 6) is 1.02. The minimum Gasteiger partial charge on any atom is -0.493 e. The molecule has 1 rings (SSSR count). The maximum Gasteiger partial charge on any atom is 0.500 e. The molecule has 35 heavy (non-hydrogen) atoms. The van der Waals surface area contributed by atoms with Gasteiger partial charge in [0.25, 0.3) is 0 Å². The van der Waals surface area contributed by atoms with E-state index in [1.165, 1.54) is 6.08 Å². The normalized spacial score (nSPS) is 11.7. The summed E-state index contributed by atoms with van der Waals surface area (Å²) >= 11 is 0. The van der Waals surface area contributed by atoms with Crippen molar-refractivity contribution >= 4 is 20.8 Å². The summed E-state index contributed by atoms with van der Waals surface area (Å²) < 4.78 is 34.1. The first kappa shape index (κ1) is 31.2. The second kappa shape index (κ2) is 19.3. The maximum absolute atomic E-state index is 12.0. The van der Waals surface area contributed by atoms with Crippen molar-refractivity contribution in [3.63, 3.8) is 0 Å². The molecule has 0 unspecified atom stereocenters. The Morgan fingerprint density at radius 3 is 2.06 bits per heavy atom. The number of carbonyl (C=O) groups excluding carboxylic acids is 1. The van der Waals surface area contributed by atoms with Crippen molar-refractivity contribution in [3.05, 3.63) is 29.8 Å². The smallest absolute Gasteiger partial charge is 0.493 e. The summed E-state index contributed by atoms with van der Waals surface area (Å²) in [4.78, 5) is 12.0. The van der Waals surface area contributed by atoms with Crippen molar-refractivity contribution in [1.82, 2.24) is 0 Å². The van der Waals surface area contributed by atoms with Gasteiger partial charge in [-0.2, -0.15) is 0 Å². The molecule has 1 aromatic carbocycles. The summed E-state index contributed by atoms with van der Waals surface area (Å²) in [6.07, 6.45) is 10.4. The zero-order chi connectivity index (χ0) is 25.8. The Bertz CT molecular complexity index is 706. The van der Waals surface area contributed by atoms with Crippen molar-refractivity contribution in [1.29, 1.82) is 0 Å². The van der Waals surface area contributed by atoms with Crippen LogP contribution < -0.4 is 9.47 Å². The quantitative estimate of drug-likeness (QED) is 0.0816. The zero-order valence-corrected chi connectivity index (χ0v) is 23.4. The Morgan fingerprint density at radius 1 is 0.829 bits per heavy atom. The second-order valence-electron chi connectivity index (χ2n) is 8.11. The molecule has 0 saturated carbocycles. The lowest BCUT2D eigenvalue weighted by molar-refractivity contribution is -0.137. The Hall–Kier alpha value is -1.87. The van der Waals surface area contributed by atoms with E-state index in [1.54, 1.807) is 13.2 Å². The van der Waals surface area contributed by atoms with Crippen LogP contribution >= 0.6 is 0 Å². The third-order valence-corrected chi connectivity index (χ3v) is 8.43. The van der Waals surface area contributed by atoms with E-state index in [1.807, 2.05) is 39.0 Å². The van der Waals surface area contributed by atoms with Crippen LogP contribution in [0.25, 0.3) is 6.08 Å². The second-order valence-corrected chi connectivity index (χ2v) is 10.8. The number of methoxy groups -OCH3 is 1. The minimum absolute atomic E-state index is 0.334. The fraction of sp³-hybridized carbons (Fsp3) is 0.667. The van der Waals surface area contributed by atoms with Crippen LogP contribution in [-0.4, -0.2) is 54.9 Å². The molecule has 0 atom stereocenters. The number of ether oxygens (including phenoxy) is 3. The van der Waals surface area contributed by atoms with E-state index < -0.39 is 8.80 Å². The third kappa shape index (κ3) is 13.1. The molecule has 0 amide bonds. The van der Waals surface area contributed by atoms with Crippen LogP contribution in [0.15, 0.2) is 24.3 Å². The van der Waals surface area contributed by atoms with Gasteiger partial charge in [0.1, 0.15) is 0 Å². The molecule has 0 N–H and O–H groups in total. The lowest BCUT2D eigenvalue weighted by Crippen LogP contribution is -2.45. The van der Waals surface area contributed by atoms with Crippen LogP contribution in [0, 0.1) is 0 Å². The van der Waals surface area contributed by atoms with Crippen LogP contribution in [0.2, 0.25) is 6.04 Å². The van der Waals surface area contributed by atoms with Gasteiger partial charge in [0.15, 0.2) is 11.5 Å². The first-order valence-electron chi connectivity index (χ1n) is 13.1. The third-order valence-electron chi connectivity index (χ3n) is 5.28. The monoisotopic (exact) mass is 510 g/mol. The Morgan fingerprint density at radius 2 is 1.46 bits per heavy atom. The Labute approximate surface area is 213 Å². The van der Waals surface area contributed by atoms with Gasteiger partial charge in [-0.25, -0.2) is 4.79 Å². The lowest BCUT2D eigenvalue weighted by Gasteiger charge is -2.28. The highest BCUT2D eigenvalue weighted by Crippen LogP contribution is 2.28. The molecule has 0 fully saturated rings. The van der Waals surface area contributed by atoms with Crippen LogP contribution in [0.5, 0.6) is 11.5 Å². The van der Waals surface area contributed by atoms with Crippen LogP contribution in [-0.2, 0) is 22.8 Å². The Balaban J connectivity index is 2.23. The van der Waals surface area contributed by atoms with Gasteiger partial charge >= 0.3 is 14.8 Å². The summed E-state index contributed by atoms with van der Waals surface area (Å²) in [6.45, 7) is 10.9. The van der Waals surface area contributed by atoms with E-state index in [9.17, 15) is 4.79 Å². The van der Waals surface area contributed by atoms with Gasteiger partial charge in [0, 0.05) is 31.9 Å². The number of benzene rings is 1. The fourth-order valence-electron chi connectivity index (χ4n) is 3.66. The van der Waals surface area contributed by atoms with Gasteiger partial charge in [0.05, 0.1) is 20.3 Å². The zero-order valence-electron chi connectivity index (χ0n) is 22.4. The average molecular weight is 511 g/mol. The minimum atomic E-state index is -2.51. The van der Waals surface area contributed by atoms with Crippen LogP contribution in [0.4, 0.5) is 0 Å². The lowest BCUT2D eigenvalue weighted by atomic mass is 10.1. The van der Waals surface area contributed by atoms with Gasteiger partial charge < -0.3 is 27.5 Å². The highest BCUT2D eigenvalue weighted by molar-refractivity contribution is 6.60. The first-order chi connectivity index (χ1) is 17.0. The Kier molecular flexibility index (Phi) is 17.2. The van der Waals surface area contributed by atoms with Gasteiger partial charge in [-0.05, 0) is 63.8 Å². The van der Waals surface area contributed by atoms with E-state index in [4.69, 9.17) is 27.5 Å². The molecule has 1 aromatic rings. The largest absolute Gasteiger partial charge is 0.500 e. The summed E-state index contributed by atoms with van der Waals surface area (Å²) in [6, 6.07) is 6.46. The standard InChI is InChI=1S/C27H46O7Si/c1-6-20-30-25-18-16-24(23-26(25)29-5)17-19-27(28)31-21-14-12-10-11-13-15-22-35(32-7-2,33-8-3)34-9-4/h16-19,23H,6-15,20-22H2,1-5H3/b19-17+. The van der Waals surface area contributed by atoms with Crippen LogP contribution in [0.3, 0.4) is 0 Å². The van der Waals surface area contributed by atoms with Gasteiger partial charge in [-0.1, -0.05) is 38.7 Å². The SMILES string of the molecule is CCCOc1ccc(/C=C/C(=O)OCCCCCCCC[Si](OCC)(OCC)OCC)cc1OC. The molecule has 7 nitrogen and oxygen atoms in total. The number of esters is 1. The van der Waals surface area contributed by atoms with Gasteiger partial charge in [-0.15, -0.1) is 0 Å². The van der Waals surface area contributed by atoms with Crippen LogP contribution in [0.1, 0.15) is 78.2 Å². The van der Waals surface area contributed by atoms with E-state index >= 15 is 0 Å². The number of carbonyl (C=O) groups is 1. The van der Waals surface area contributed by atoms with Crippen molar-refractivity contribution in [2.45, 2.75) is 78.7 Å². The number of unbranched alkanes of at least 4 members (excludes halogenated alkanes) is 5. The van der Waals surface area contributed by atoms with Crippen molar-refractivity contribution in [3.8, 4) is 11.5 Å². The molecule has 0 radical (unpaired) electrons. The molecule has 0 aliphatic carbocycles. The number of hydrogen-bond donors (Lipinski definition) is 0. The molecule has 0 aromatic heterocycles. The van der Waals surface area contributed by atoms with Gasteiger partial charge in [0.2, 0.25) is 0 Å². The summed E-state index contributed by atoms with van der Waals surface area (Å²) in [7, 11) is -0.908. The average Bonchev–Trinajstić information content (AvgIpc) is 2.85. The highest BCUT2D eigenvalue weighted by atomic mass is 28.4. The van der Waals surface area contributed by atoms with E-state index in [-0.39, 0.29) is 5.97 Å². The molecule has 0 aliphatic rings. The summed E-state index contributed by atoms with van der Waals surface area (Å²) in [5.41, 5.74) is 0.854. The maximum atomic E-state index is 12.0. The van der Waals surface area contributed by atoms with Gasteiger partial charge in [-0.3, -0.25) is 0 Å². The van der Waals surface area contributed by atoms with E-state index in [0.29, 0.717) is 44.5 Å². The topological polar surface area (TPSA) is 72.5 Å². The molecule has 0 saturated heterocycles. The van der Waals surface area contributed by atoms with Crippen molar-refractivity contribution in [2.75, 3.05) is 40.1 Å². The van der Waals surface area contributed by atoms with E-state index in [2.05, 4.69) is 6.92 Å². The molecule has 0 heterocycles. The highest BCUT2D eigenvalue weighted by Gasteiger charge is 2.39. The summed E-state index contributed by atoms with van der Waals surface area (Å²) in [5, 5.41) is 0.